The quantitative estimate of drug-likeness (QED) is 0.332. The molecule has 0 unspecified atom stereocenters. The van der Waals surface area contributed by atoms with Gasteiger partial charge in [0.1, 0.15) is 0 Å². The predicted molar refractivity (Wildman–Crippen MR) is 51.3 cm³/mol. The number of hydrogen-bond acceptors (Lipinski definition) is 3. The molecule has 0 spiro atoms. The van der Waals surface area contributed by atoms with Gasteiger partial charge in [0.05, 0.1) is 0 Å². The number of unbranched alkanes of at least 4 members (excludes halogenated alkanes) is 3. The Morgan fingerprint density at radius 3 is 2.29 bits per heavy atom. The average molecular weight is 209 g/mol. The maximum absolute atomic E-state index is 10.1. The van der Waals surface area contributed by atoms with E-state index >= 15 is 0 Å². The number of hydrogen-bond donors (Lipinski definition) is 0. The zero-order valence-corrected chi connectivity index (χ0v) is 11.7. The van der Waals surface area contributed by atoms with Crippen molar-refractivity contribution in [2.24, 2.45) is 0 Å². The molecule has 0 aliphatic rings. The molecule has 0 saturated heterocycles. The summed E-state index contributed by atoms with van der Waals surface area (Å²) in [6.45, 7) is 4.33. The van der Waals surface area contributed by atoms with Crippen molar-refractivity contribution in [3.05, 3.63) is 0 Å². The Balaban J connectivity index is 0. The Labute approximate surface area is 109 Å². The smallest absolute Gasteiger partial charge is 0.550 e. The first-order chi connectivity index (χ1) is 6.16. The van der Waals surface area contributed by atoms with Gasteiger partial charge in [-0.2, -0.15) is 0 Å². The number of nitrogens with zero attached hydrogens (tertiary/aromatic N) is 1. The third-order valence-electron chi connectivity index (χ3n) is 2.21. The second-order valence-electron chi connectivity index (χ2n) is 3.43. The van der Waals surface area contributed by atoms with E-state index in [1.165, 1.54) is 0 Å². The topological polar surface area (TPSA) is 43.4 Å². The summed E-state index contributed by atoms with van der Waals surface area (Å²) < 4.78 is 0. The van der Waals surface area contributed by atoms with Crippen molar-refractivity contribution in [1.82, 2.24) is 4.90 Å². The third-order valence-corrected chi connectivity index (χ3v) is 2.21. The summed E-state index contributed by atoms with van der Waals surface area (Å²) in [5.74, 6) is -0.925. The van der Waals surface area contributed by atoms with Crippen LogP contribution in [-0.2, 0) is 4.79 Å². The van der Waals surface area contributed by atoms with Crippen LogP contribution in [0.3, 0.4) is 0 Å². The van der Waals surface area contributed by atoms with E-state index in [0.717, 1.165) is 38.8 Å². The van der Waals surface area contributed by atoms with Crippen molar-refractivity contribution in [3.8, 4) is 0 Å². The summed E-state index contributed by atoms with van der Waals surface area (Å²) in [6.07, 6.45) is 4.27. The monoisotopic (exact) mass is 209 g/mol. The Hall–Kier alpha value is 0.430. The van der Waals surface area contributed by atoms with Gasteiger partial charge in [0.25, 0.3) is 0 Å². The van der Waals surface area contributed by atoms with Gasteiger partial charge in [-0.05, 0) is 39.4 Å². The molecule has 0 amide bonds. The van der Waals surface area contributed by atoms with E-state index in [9.17, 15) is 9.90 Å². The molecule has 0 saturated carbocycles. The molecule has 0 atom stereocenters. The zero-order chi connectivity index (χ0) is 10.1. The van der Waals surface area contributed by atoms with Gasteiger partial charge in [0.15, 0.2) is 0 Å². The molecule has 78 valence electrons. The minimum absolute atomic E-state index is 0. The molecular weight excluding hydrogens is 189 g/mol. The minimum atomic E-state index is -0.925. The largest absolute Gasteiger partial charge is 1.00 e. The minimum Gasteiger partial charge on any atom is -0.550 e. The molecule has 0 heterocycles. The van der Waals surface area contributed by atoms with Crippen LogP contribution in [0.25, 0.3) is 0 Å². The molecule has 0 fully saturated rings. The summed E-state index contributed by atoms with van der Waals surface area (Å²) in [4.78, 5) is 12.3. The molecule has 0 aromatic heterocycles. The zero-order valence-electron chi connectivity index (χ0n) is 9.71. The average Bonchev–Trinajstić information content (AvgIpc) is 2.10. The molecule has 0 N–H and O–H groups in total. The first-order valence-electron chi connectivity index (χ1n) is 5.05. The van der Waals surface area contributed by atoms with Gasteiger partial charge in [-0.25, -0.2) is 0 Å². The van der Waals surface area contributed by atoms with E-state index in [1.54, 1.807) is 0 Å². The van der Waals surface area contributed by atoms with Gasteiger partial charge in [-0.1, -0.05) is 19.8 Å². The van der Waals surface area contributed by atoms with Crippen LogP contribution in [0.2, 0.25) is 0 Å². The van der Waals surface area contributed by atoms with Crippen LogP contribution in [-0.4, -0.2) is 31.0 Å². The fourth-order valence-electron chi connectivity index (χ4n) is 1.16. The van der Waals surface area contributed by atoms with Gasteiger partial charge in [-0.15, -0.1) is 0 Å². The summed E-state index contributed by atoms with van der Waals surface area (Å²) in [5, 5.41) is 10.1. The van der Waals surface area contributed by atoms with Crippen molar-refractivity contribution in [2.45, 2.75) is 39.0 Å². The predicted octanol–water partition coefficient (Wildman–Crippen LogP) is -2.36. The van der Waals surface area contributed by atoms with Gasteiger partial charge in [0.2, 0.25) is 0 Å². The van der Waals surface area contributed by atoms with Gasteiger partial charge in [-0.3, -0.25) is 0 Å². The fourth-order valence-corrected chi connectivity index (χ4v) is 1.16. The summed E-state index contributed by atoms with van der Waals surface area (Å²) in [7, 11) is 2.10. The van der Waals surface area contributed by atoms with Crippen LogP contribution in [0.4, 0.5) is 0 Å². The van der Waals surface area contributed by atoms with Crippen LogP contribution in [0.1, 0.15) is 39.0 Å². The SMILES string of the molecule is CCN(C)CCCCCCC(=O)[O-].[Na+]. The Morgan fingerprint density at radius 2 is 1.79 bits per heavy atom. The molecule has 3 nitrogen and oxygen atoms in total. The maximum atomic E-state index is 10.1. The van der Waals surface area contributed by atoms with Gasteiger partial charge >= 0.3 is 29.6 Å². The molecule has 0 aromatic carbocycles. The second-order valence-corrected chi connectivity index (χ2v) is 3.43. The van der Waals surface area contributed by atoms with E-state index in [-0.39, 0.29) is 36.0 Å². The first-order valence-corrected chi connectivity index (χ1v) is 5.05. The number of carboxylic acids is 1. The third kappa shape index (κ3) is 12.4. The molecule has 14 heavy (non-hydrogen) atoms. The molecule has 0 rings (SSSR count). The van der Waals surface area contributed by atoms with Gasteiger partial charge < -0.3 is 14.8 Å². The first kappa shape index (κ1) is 16.8. The van der Waals surface area contributed by atoms with Crippen molar-refractivity contribution in [2.75, 3.05) is 20.1 Å². The van der Waals surface area contributed by atoms with Crippen LogP contribution >= 0.6 is 0 Å². The molecular formula is C10H20NNaO2. The molecule has 0 radical (unpaired) electrons. The molecule has 0 aromatic rings. The number of rotatable bonds is 8. The fraction of sp³-hybridized carbons (Fsp3) is 0.900. The number of aliphatic carboxylic acids is 1. The van der Waals surface area contributed by atoms with Crippen molar-refractivity contribution in [1.29, 1.82) is 0 Å². The molecule has 0 aliphatic heterocycles. The van der Waals surface area contributed by atoms with E-state index in [1.807, 2.05) is 0 Å². The van der Waals surface area contributed by atoms with E-state index in [4.69, 9.17) is 0 Å². The number of carboxylic acid groups (broad SMARTS) is 1. The van der Waals surface area contributed by atoms with Crippen molar-refractivity contribution < 1.29 is 39.5 Å². The van der Waals surface area contributed by atoms with Crippen LogP contribution in [0.15, 0.2) is 0 Å². The summed E-state index contributed by atoms with van der Waals surface area (Å²) in [5.41, 5.74) is 0. The molecule has 0 aliphatic carbocycles. The normalized spacial score (nSPS) is 9.93. The Kier molecular flexibility index (Phi) is 13.8. The van der Waals surface area contributed by atoms with Crippen molar-refractivity contribution >= 4 is 5.97 Å². The number of carbonyl (C=O) groups is 1. The number of carbonyl (C=O) groups excluding carboxylic acids is 1. The second kappa shape index (κ2) is 11.5. The summed E-state index contributed by atoms with van der Waals surface area (Å²) >= 11 is 0. The van der Waals surface area contributed by atoms with Crippen LogP contribution in [0.5, 0.6) is 0 Å². The van der Waals surface area contributed by atoms with Gasteiger partial charge in [0, 0.05) is 5.97 Å². The molecule has 4 heteroatoms. The Morgan fingerprint density at radius 1 is 1.21 bits per heavy atom. The maximum Gasteiger partial charge on any atom is 1.00 e. The summed E-state index contributed by atoms with van der Waals surface area (Å²) in [6, 6.07) is 0. The van der Waals surface area contributed by atoms with E-state index in [2.05, 4.69) is 18.9 Å². The van der Waals surface area contributed by atoms with Crippen LogP contribution in [0, 0.1) is 0 Å². The van der Waals surface area contributed by atoms with Crippen LogP contribution < -0.4 is 34.7 Å². The van der Waals surface area contributed by atoms with E-state index < -0.39 is 5.97 Å². The van der Waals surface area contributed by atoms with E-state index in [0.29, 0.717) is 0 Å². The van der Waals surface area contributed by atoms with Crippen molar-refractivity contribution in [3.63, 3.8) is 0 Å². The Bertz CT molecular complexity index is 142. The standard InChI is InChI=1S/C10H21NO2.Na/c1-3-11(2)9-7-5-4-6-8-10(12)13;/h3-9H2,1-2H3,(H,12,13);/q;+1/p-1. The molecule has 0 bridgehead atoms.